The first kappa shape index (κ1) is 10.3. The van der Waals surface area contributed by atoms with E-state index in [2.05, 4.69) is 13.5 Å². The molecule has 0 amide bonds. The third-order valence-corrected chi connectivity index (χ3v) is 2.93. The van der Waals surface area contributed by atoms with Gasteiger partial charge in [-0.1, -0.05) is 0 Å². The van der Waals surface area contributed by atoms with Crippen molar-refractivity contribution in [3.63, 3.8) is 0 Å². The number of esters is 1. The lowest BCUT2D eigenvalue weighted by Crippen LogP contribution is -2.37. The van der Waals surface area contributed by atoms with Crippen LogP contribution in [-0.2, 0) is 9.53 Å². The maximum atomic E-state index is 13.2. The van der Waals surface area contributed by atoms with E-state index in [0.29, 0.717) is 13.0 Å². The van der Waals surface area contributed by atoms with Gasteiger partial charge in [0.05, 0.1) is 18.8 Å². The van der Waals surface area contributed by atoms with Gasteiger partial charge in [0.2, 0.25) is 0 Å². The van der Waals surface area contributed by atoms with Crippen LogP contribution in [0, 0.1) is 5.95 Å². The molecule has 5 nitrogen and oxygen atoms in total. The molecule has 1 aromatic rings. The highest BCUT2D eigenvalue weighted by atomic mass is 32.1. The molecule has 82 valence electrons. The Morgan fingerprint density at radius 1 is 1.67 bits per heavy atom. The highest BCUT2D eigenvalue weighted by Gasteiger charge is 2.34. The summed E-state index contributed by atoms with van der Waals surface area (Å²) in [5.41, 5.74) is 0. The van der Waals surface area contributed by atoms with Gasteiger partial charge in [0, 0.05) is 6.54 Å². The molecule has 1 fully saturated rings. The molecule has 15 heavy (non-hydrogen) atoms. The average Bonchev–Trinajstić information content (AvgIpc) is 2.84. The van der Waals surface area contributed by atoms with Crippen LogP contribution in [0.2, 0.25) is 0 Å². The van der Waals surface area contributed by atoms with E-state index in [1.807, 2.05) is 0 Å². The molecule has 1 aliphatic rings. The van der Waals surface area contributed by atoms with Crippen LogP contribution in [0.15, 0.2) is 0 Å². The second-order valence-electron chi connectivity index (χ2n) is 3.25. The lowest BCUT2D eigenvalue weighted by atomic mass is 10.2. The van der Waals surface area contributed by atoms with Gasteiger partial charge < -0.3 is 9.64 Å². The number of halogens is 1. The normalized spacial score (nSPS) is 20.7. The van der Waals surface area contributed by atoms with E-state index >= 15 is 0 Å². The third-order valence-electron chi connectivity index (χ3n) is 2.43. The molecule has 1 aromatic heterocycles. The van der Waals surface area contributed by atoms with E-state index in [4.69, 9.17) is 0 Å². The zero-order valence-corrected chi connectivity index (χ0v) is 8.96. The van der Waals surface area contributed by atoms with Crippen molar-refractivity contribution in [2.45, 2.75) is 18.9 Å². The average molecular weight is 231 g/mol. The summed E-state index contributed by atoms with van der Waals surface area (Å²) in [4.78, 5) is 13.0. The van der Waals surface area contributed by atoms with Gasteiger partial charge in [-0.05, 0) is 12.8 Å². The van der Waals surface area contributed by atoms with Gasteiger partial charge >= 0.3 is 5.97 Å². The minimum Gasteiger partial charge on any atom is -0.467 e. The lowest BCUT2D eigenvalue weighted by Gasteiger charge is -2.21. The van der Waals surface area contributed by atoms with Crippen molar-refractivity contribution >= 4 is 23.5 Å². The number of methoxy groups -OCH3 is 1. The fourth-order valence-corrected chi connectivity index (χ4v) is 2.20. The minimum absolute atomic E-state index is 0.160. The first-order valence-corrected chi connectivity index (χ1v) is 5.29. The number of ether oxygens (including phenoxy) is 1. The molecule has 0 bridgehead atoms. The molecule has 0 saturated carbocycles. The van der Waals surface area contributed by atoms with E-state index in [1.54, 1.807) is 4.90 Å². The summed E-state index contributed by atoms with van der Waals surface area (Å²) in [6.45, 7) is 0.613. The van der Waals surface area contributed by atoms with E-state index in [0.717, 1.165) is 18.1 Å². The van der Waals surface area contributed by atoms with Crippen molar-refractivity contribution < 1.29 is 13.9 Å². The summed E-state index contributed by atoms with van der Waals surface area (Å²) < 4.78 is 25.1. The zero-order valence-electron chi connectivity index (χ0n) is 8.14. The molecule has 1 aliphatic heterocycles. The summed E-state index contributed by atoms with van der Waals surface area (Å²) in [6, 6.07) is -0.423. The van der Waals surface area contributed by atoms with Crippen LogP contribution >= 0.6 is 11.7 Å². The van der Waals surface area contributed by atoms with Crippen LogP contribution in [0.5, 0.6) is 0 Å². The lowest BCUT2D eigenvalue weighted by molar-refractivity contribution is -0.141. The van der Waals surface area contributed by atoms with Crippen LogP contribution in [-0.4, -0.2) is 34.4 Å². The topological polar surface area (TPSA) is 55.3 Å². The predicted octanol–water partition coefficient (Wildman–Crippen LogP) is 0.819. The summed E-state index contributed by atoms with van der Waals surface area (Å²) in [7, 11) is 1.33. The molecule has 0 aliphatic carbocycles. The highest BCUT2D eigenvalue weighted by Crippen LogP contribution is 2.26. The second-order valence-corrected chi connectivity index (χ2v) is 3.78. The largest absolute Gasteiger partial charge is 0.467 e. The van der Waals surface area contributed by atoms with Gasteiger partial charge in [0.1, 0.15) is 6.04 Å². The molecule has 7 heteroatoms. The van der Waals surface area contributed by atoms with Crippen LogP contribution in [0.1, 0.15) is 12.8 Å². The van der Waals surface area contributed by atoms with Gasteiger partial charge in [-0.3, -0.25) is 0 Å². The van der Waals surface area contributed by atoms with Gasteiger partial charge in [-0.2, -0.15) is 8.76 Å². The Balaban J connectivity index is 2.22. The summed E-state index contributed by atoms with van der Waals surface area (Å²) in [6.07, 6.45) is 1.50. The maximum Gasteiger partial charge on any atom is 0.328 e. The summed E-state index contributed by atoms with van der Waals surface area (Å²) in [5.74, 6) is -0.802. The van der Waals surface area contributed by atoms with Gasteiger partial charge in [0.25, 0.3) is 5.95 Å². The second kappa shape index (κ2) is 4.09. The van der Waals surface area contributed by atoms with E-state index in [-0.39, 0.29) is 11.8 Å². The fourth-order valence-electron chi connectivity index (χ4n) is 1.75. The minimum atomic E-state index is -0.615. The first-order chi connectivity index (χ1) is 7.24. The number of carbonyl (C=O) groups excluding carboxylic acids is 1. The van der Waals surface area contributed by atoms with Gasteiger partial charge in [0.15, 0.2) is 5.82 Å². The molecule has 0 spiro atoms. The monoisotopic (exact) mass is 231 g/mol. The quantitative estimate of drug-likeness (QED) is 0.705. The molecule has 2 heterocycles. The van der Waals surface area contributed by atoms with Crippen molar-refractivity contribution in [3.8, 4) is 0 Å². The van der Waals surface area contributed by atoms with E-state index in [1.165, 1.54) is 7.11 Å². The van der Waals surface area contributed by atoms with Crippen molar-refractivity contribution in [2.75, 3.05) is 18.6 Å². The first-order valence-electron chi connectivity index (χ1n) is 4.56. The van der Waals surface area contributed by atoms with Gasteiger partial charge in [-0.15, -0.1) is 4.37 Å². The Hall–Kier alpha value is -1.24. The molecular weight excluding hydrogens is 221 g/mol. The van der Waals surface area contributed by atoms with Crippen molar-refractivity contribution in [2.24, 2.45) is 0 Å². The van der Waals surface area contributed by atoms with Crippen LogP contribution in [0.25, 0.3) is 0 Å². The van der Waals surface area contributed by atoms with Crippen molar-refractivity contribution in [3.05, 3.63) is 5.95 Å². The summed E-state index contributed by atoms with van der Waals surface area (Å²) in [5, 5.41) is 0. The van der Waals surface area contributed by atoms with E-state index < -0.39 is 12.0 Å². The fraction of sp³-hybridized carbons (Fsp3) is 0.625. The number of carbonyl (C=O) groups is 1. The molecule has 1 saturated heterocycles. The standard InChI is InChI=1S/C8H10FN3O2S/c1-14-8(13)5-3-2-4-12(5)7-6(9)10-15-11-7/h5H,2-4H2,1H3. The molecule has 0 N–H and O–H groups in total. The number of anilines is 1. The molecule has 1 unspecified atom stereocenters. The zero-order chi connectivity index (χ0) is 10.8. The molecule has 2 rings (SSSR count). The smallest absolute Gasteiger partial charge is 0.328 e. The number of rotatable bonds is 2. The van der Waals surface area contributed by atoms with Gasteiger partial charge in [-0.25, -0.2) is 4.79 Å². The number of hydrogen-bond acceptors (Lipinski definition) is 6. The molecule has 0 aromatic carbocycles. The third kappa shape index (κ3) is 1.79. The molecule has 1 atom stereocenters. The maximum absolute atomic E-state index is 13.2. The number of nitrogens with zero attached hydrogens (tertiary/aromatic N) is 3. The summed E-state index contributed by atoms with van der Waals surface area (Å²) >= 11 is 0.806. The Morgan fingerprint density at radius 3 is 3.07 bits per heavy atom. The van der Waals surface area contributed by atoms with Crippen LogP contribution < -0.4 is 4.90 Å². The Labute approximate surface area is 90.2 Å². The Bertz CT molecular complexity index is 371. The highest BCUT2D eigenvalue weighted by molar-refractivity contribution is 6.99. The van der Waals surface area contributed by atoms with Crippen LogP contribution in [0.3, 0.4) is 0 Å². The number of hydrogen-bond donors (Lipinski definition) is 0. The van der Waals surface area contributed by atoms with E-state index in [9.17, 15) is 9.18 Å². The Morgan fingerprint density at radius 2 is 2.47 bits per heavy atom. The van der Waals surface area contributed by atoms with Crippen LogP contribution in [0.4, 0.5) is 10.2 Å². The molecular formula is C8H10FN3O2S. The van der Waals surface area contributed by atoms with Crippen molar-refractivity contribution in [1.29, 1.82) is 0 Å². The SMILES string of the molecule is COC(=O)C1CCCN1c1nsnc1F. The molecule has 0 radical (unpaired) electrons. The van der Waals surface area contributed by atoms with Crippen molar-refractivity contribution in [1.82, 2.24) is 8.75 Å². The Kier molecular flexibility index (Phi) is 2.81. The predicted molar refractivity (Wildman–Crippen MR) is 52.3 cm³/mol. The number of aromatic nitrogens is 2.